The molecular formula is C22H27N3O. The Labute approximate surface area is 155 Å². The maximum Gasteiger partial charge on any atom is 0.251 e. The second kappa shape index (κ2) is 7.34. The summed E-state index contributed by atoms with van der Waals surface area (Å²) in [5.41, 5.74) is 5.35. The molecule has 1 heterocycles. The summed E-state index contributed by atoms with van der Waals surface area (Å²) >= 11 is 0. The molecule has 4 heteroatoms. The molecular weight excluding hydrogens is 322 g/mol. The van der Waals surface area contributed by atoms with Gasteiger partial charge in [0.25, 0.3) is 5.91 Å². The number of hydrogen-bond acceptors (Lipinski definition) is 2. The van der Waals surface area contributed by atoms with Gasteiger partial charge in [-0.3, -0.25) is 4.79 Å². The molecule has 26 heavy (non-hydrogen) atoms. The van der Waals surface area contributed by atoms with Crippen LogP contribution in [0.25, 0.3) is 10.9 Å². The summed E-state index contributed by atoms with van der Waals surface area (Å²) in [5.74, 6) is -0.0189. The fourth-order valence-electron chi connectivity index (χ4n) is 3.56. The van der Waals surface area contributed by atoms with Gasteiger partial charge in [-0.1, -0.05) is 35.9 Å². The van der Waals surface area contributed by atoms with E-state index in [1.165, 1.54) is 22.0 Å². The second-order valence-electron chi connectivity index (χ2n) is 7.22. The molecule has 0 aliphatic carbocycles. The summed E-state index contributed by atoms with van der Waals surface area (Å²) < 4.78 is 2.15. The van der Waals surface area contributed by atoms with Crippen molar-refractivity contribution in [1.82, 2.24) is 14.8 Å². The van der Waals surface area contributed by atoms with E-state index in [0.717, 1.165) is 11.1 Å². The van der Waals surface area contributed by atoms with Gasteiger partial charge in [0.1, 0.15) is 0 Å². The summed E-state index contributed by atoms with van der Waals surface area (Å²) in [4.78, 5) is 14.8. The monoisotopic (exact) mass is 349 g/mol. The summed E-state index contributed by atoms with van der Waals surface area (Å²) in [6.07, 6.45) is 2.17. The molecule has 1 aromatic heterocycles. The molecule has 2 aromatic carbocycles. The van der Waals surface area contributed by atoms with Gasteiger partial charge in [0, 0.05) is 36.3 Å². The zero-order chi connectivity index (χ0) is 18.8. The van der Waals surface area contributed by atoms with Crippen molar-refractivity contribution in [2.75, 3.05) is 20.6 Å². The minimum absolute atomic E-state index is 0.0189. The first-order valence-electron chi connectivity index (χ1n) is 8.94. The highest BCUT2D eigenvalue weighted by atomic mass is 16.1. The predicted molar refractivity (Wildman–Crippen MR) is 108 cm³/mol. The van der Waals surface area contributed by atoms with E-state index in [-0.39, 0.29) is 11.9 Å². The van der Waals surface area contributed by atoms with Crippen LogP contribution in [0.4, 0.5) is 0 Å². The molecule has 1 unspecified atom stereocenters. The molecule has 1 atom stereocenters. The highest BCUT2D eigenvalue weighted by Crippen LogP contribution is 2.28. The summed E-state index contributed by atoms with van der Waals surface area (Å²) in [6, 6.07) is 14.4. The lowest BCUT2D eigenvalue weighted by Gasteiger charge is -2.24. The van der Waals surface area contributed by atoms with Crippen molar-refractivity contribution in [3.63, 3.8) is 0 Å². The maximum absolute atomic E-state index is 12.7. The number of hydrogen-bond donors (Lipinski definition) is 1. The Morgan fingerprint density at radius 3 is 2.58 bits per heavy atom. The minimum Gasteiger partial charge on any atom is -0.350 e. The van der Waals surface area contributed by atoms with Crippen LogP contribution in [0, 0.1) is 13.8 Å². The van der Waals surface area contributed by atoms with Crippen LogP contribution in [0.2, 0.25) is 0 Å². The van der Waals surface area contributed by atoms with Crippen molar-refractivity contribution < 1.29 is 4.79 Å². The summed E-state index contributed by atoms with van der Waals surface area (Å²) in [6.45, 7) is 4.58. The Morgan fingerprint density at radius 2 is 1.88 bits per heavy atom. The quantitative estimate of drug-likeness (QED) is 0.760. The van der Waals surface area contributed by atoms with Crippen LogP contribution in [-0.4, -0.2) is 36.0 Å². The molecule has 0 spiro atoms. The van der Waals surface area contributed by atoms with Crippen molar-refractivity contribution in [3.8, 4) is 0 Å². The third-order valence-electron chi connectivity index (χ3n) is 4.99. The first kappa shape index (κ1) is 18.2. The number of aryl methyl sites for hydroxylation is 3. The number of nitrogens with zero attached hydrogens (tertiary/aromatic N) is 2. The zero-order valence-corrected chi connectivity index (χ0v) is 16.2. The smallest absolute Gasteiger partial charge is 0.251 e. The van der Waals surface area contributed by atoms with Gasteiger partial charge < -0.3 is 14.8 Å². The molecule has 0 saturated heterocycles. The fourth-order valence-corrected chi connectivity index (χ4v) is 3.56. The number of likely N-dealkylation sites (N-methyl/N-ethyl adjacent to an activating group) is 1. The van der Waals surface area contributed by atoms with Crippen molar-refractivity contribution in [1.29, 1.82) is 0 Å². The summed E-state index contributed by atoms with van der Waals surface area (Å²) in [5, 5.41) is 4.35. The van der Waals surface area contributed by atoms with Crippen LogP contribution >= 0.6 is 0 Å². The highest BCUT2D eigenvalue weighted by molar-refractivity contribution is 5.95. The molecule has 1 amide bonds. The van der Waals surface area contributed by atoms with E-state index in [2.05, 4.69) is 66.4 Å². The number of aromatic nitrogens is 1. The second-order valence-corrected chi connectivity index (χ2v) is 7.22. The maximum atomic E-state index is 12.7. The van der Waals surface area contributed by atoms with Crippen LogP contribution in [0.5, 0.6) is 0 Å². The number of amides is 1. The Hall–Kier alpha value is -2.59. The predicted octanol–water partition coefficient (Wildman–Crippen LogP) is 3.83. The Balaban J connectivity index is 1.84. The van der Waals surface area contributed by atoms with Gasteiger partial charge in [-0.15, -0.1) is 0 Å². The van der Waals surface area contributed by atoms with Crippen molar-refractivity contribution >= 4 is 16.8 Å². The van der Waals surface area contributed by atoms with Gasteiger partial charge in [-0.25, -0.2) is 0 Å². The van der Waals surface area contributed by atoms with Gasteiger partial charge >= 0.3 is 0 Å². The number of rotatable bonds is 5. The van der Waals surface area contributed by atoms with Gasteiger partial charge in [0.05, 0.1) is 6.04 Å². The normalized spacial score (nSPS) is 12.5. The molecule has 3 rings (SSSR count). The van der Waals surface area contributed by atoms with Crippen molar-refractivity contribution in [3.05, 3.63) is 70.9 Å². The Morgan fingerprint density at radius 1 is 1.15 bits per heavy atom. The van der Waals surface area contributed by atoms with Gasteiger partial charge in [-0.05, 0) is 51.2 Å². The first-order chi connectivity index (χ1) is 12.4. The Kier molecular flexibility index (Phi) is 5.14. The van der Waals surface area contributed by atoms with Gasteiger partial charge in [0.2, 0.25) is 0 Å². The highest BCUT2D eigenvalue weighted by Gasteiger charge is 2.20. The topological polar surface area (TPSA) is 37.3 Å². The molecule has 0 aliphatic rings. The lowest BCUT2D eigenvalue weighted by atomic mass is 10.0. The molecule has 4 nitrogen and oxygen atoms in total. The molecule has 0 aliphatic heterocycles. The van der Waals surface area contributed by atoms with Gasteiger partial charge in [-0.2, -0.15) is 0 Å². The van der Waals surface area contributed by atoms with E-state index in [9.17, 15) is 4.79 Å². The van der Waals surface area contributed by atoms with E-state index >= 15 is 0 Å². The molecule has 0 saturated carbocycles. The zero-order valence-electron chi connectivity index (χ0n) is 16.2. The number of carbonyl (C=O) groups is 1. The molecule has 0 bridgehead atoms. The number of nitrogens with one attached hydrogen (secondary N) is 1. The number of para-hydroxylation sites is 1. The van der Waals surface area contributed by atoms with Gasteiger partial charge in [0.15, 0.2) is 0 Å². The van der Waals surface area contributed by atoms with E-state index in [1.807, 2.05) is 32.0 Å². The van der Waals surface area contributed by atoms with Crippen LogP contribution in [-0.2, 0) is 7.05 Å². The van der Waals surface area contributed by atoms with Crippen molar-refractivity contribution in [2.45, 2.75) is 19.9 Å². The molecule has 0 fully saturated rings. The third-order valence-corrected chi connectivity index (χ3v) is 4.99. The lowest BCUT2D eigenvalue weighted by molar-refractivity contribution is 0.0941. The Bertz CT molecular complexity index is 940. The van der Waals surface area contributed by atoms with Crippen LogP contribution in [0.1, 0.15) is 33.1 Å². The first-order valence-corrected chi connectivity index (χ1v) is 8.94. The number of carbonyl (C=O) groups excluding carboxylic acids is 1. The van der Waals surface area contributed by atoms with E-state index < -0.39 is 0 Å². The number of benzene rings is 2. The molecule has 1 N–H and O–H groups in total. The minimum atomic E-state index is -0.0189. The van der Waals surface area contributed by atoms with E-state index in [1.54, 1.807) is 0 Å². The van der Waals surface area contributed by atoms with Crippen LogP contribution < -0.4 is 5.32 Å². The third kappa shape index (κ3) is 3.51. The number of fused-ring (bicyclic) bond motifs is 1. The average Bonchev–Trinajstić information content (AvgIpc) is 2.92. The molecule has 136 valence electrons. The fraction of sp³-hybridized carbons (Fsp3) is 0.318. The van der Waals surface area contributed by atoms with Crippen LogP contribution in [0.3, 0.4) is 0 Å². The van der Waals surface area contributed by atoms with E-state index in [4.69, 9.17) is 0 Å². The van der Waals surface area contributed by atoms with Crippen LogP contribution in [0.15, 0.2) is 48.7 Å². The SMILES string of the molecule is Cc1ccc(C(=O)NCC(c2cn(C)c3ccccc23)N(C)C)c(C)c1. The largest absolute Gasteiger partial charge is 0.350 e. The summed E-state index contributed by atoms with van der Waals surface area (Å²) in [7, 11) is 6.16. The van der Waals surface area contributed by atoms with E-state index in [0.29, 0.717) is 6.54 Å². The average molecular weight is 349 g/mol. The lowest BCUT2D eigenvalue weighted by Crippen LogP contribution is -2.34. The van der Waals surface area contributed by atoms with Crippen molar-refractivity contribution in [2.24, 2.45) is 7.05 Å². The molecule has 3 aromatic rings. The standard InChI is InChI=1S/C22H27N3O/c1-15-10-11-17(16(2)12-15)22(26)23-13-21(24(3)4)19-14-25(5)20-9-7-6-8-18(19)20/h6-12,14,21H,13H2,1-5H3,(H,23,26). The molecule has 0 radical (unpaired) electrons.